The quantitative estimate of drug-likeness (QED) is 0.832. The monoisotopic (exact) mass is 275 g/mol. The van der Waals surface area contributed by atoms with Gasteiger partial charge in [-0.25, -0.2) is 8.42 Å². The maximum Gasteiger partial charge on any atom is 0.243 e. The second-order valence-electron chi connectivity index (χ2n) is 5.58. The van der Waals surface area contributed by atoms with E-state index >= 15 is 0 Å². The van der Waals surface area contributed by atoms with Crippen LogP contribution >= 0.6 is 0 Å². The lowest BCUT2D eigenvalue weighted by molar-refractivity contribution is 0.403. The van der Waals surface area contributed by atoms with Crippen molar-refractivity contribution in [2.45, 2.75) is 24.3 Å². The zero-order chi connectivity index (χ0) is 13.7. The van der Waals surface area contributed by atoms with E-state index in [0.717, 1.165) is 12.0 Å². The van der Waals surface area contributed by atoms with Crippen LogP contribution in [0.1, 0.15) is 13.3 Å². The summed E-state index contributed by atoms with van der Waals surface area (Å²) in [7, 11) is -3.41. The molecule has 3 nitrogen and oxygen atoms in total. The summed E-state index contributed by atoms with van der Waals surface area (Å²) < 4.78 is 27.0. The molecule has 2 atom stereocenters. The molecular formula is C15H17NO2S. The molecule has 3 rings (SSSR count). The number of benzene rings is 1. The minimum Gasteiger partial charge on any atom is -0.207 e. The van der Waals surface area contributed by atoms with Gasteiger partial charge in [0.25, 0.3) is 0 Å². The zero-order valence-corrected chi connectivity index (χ0v) is 11.7. The van der Waals surface area contributed by atoms with Crippen LogP contribution < -0.4 is 0 Å². The van der Waals surface area contributed by atoms with E-state index in [1.54, 1.807) is 28.6 Å². The summed E-state index contributed by atoms with van der Waals surface area (Å²) in [5.74, 6) is 0. The van der Waals surface area contributed by atoms with Crippen LogP contribution in [0.3, 0.4) is 0 Å². The average Bonchev–Trinajstić information content (AvgIpc) is 2.70. The van der Waals surface area contributed by atoms with Gasteiger partial charge in [-0.2, -0.15) is 4.31 Å². The van der Waals surface area contributed by atoms with Gasteiger partial charge in [-0.15, -0.1) is 0 Å². The first-order chi connectivity index (χ1) is 8.93. The highest BCUT2D eigenvalue weighted by molar-refractivity contribution is 7.89. The minimum atomic E-state index is -3.41. The number of fused-ring (bicyclic) bond motifs is 2. The number of hydrogen-bond donors (Lipinski definition) is 0. The summed E-state index contributed by atoms with van der Waals surface area (Å²) in [5.41, 5.74) is 0.899. The molecule has 1 heterocycles. The highest BCUT2D eigenvalue weighted by Gasteiger charge is 2.48. The minimum absolute atomic E-state index is 0.0410. The molecule has 1 aromatic rings. The van der Waals surface area contributed by atoms with Crippen molar-refractivity contribution in [3.8, 4) is 0 Å². The van der Waals surface area contributed by atoms with E-state index in [9.17, 15) is 8.42 Å². The lowest BCUT2D eigenvalue weighted by Gasteiger charge is -2.25. The van der Waals surface area contributed by atoms with E-state index in [-0.39, 0.29) is 11.5 Å². The molecule has 19 heavy (non-hydrogen) atoms. The highest BCUT2D eigenvalue weighted by atomic mass is 32.2. The van der Waals surface area contributed by atoms with Gasteiger partial charge in [-0.05, 0) is 24.1 Å². The topological polar surface area (TPSA) is 37.4 Å². The Morgan fingerprint density at radius 1 is 1.32 bits per heavy atom. The normalized spacial score (nSPS) is 30.8. The van der Waals surface area contributed by atoms with Gasteiger partial charge in [0.05, 0.1) is 4.90 Å². The molecule has 0 N–H and O–H groups in total. The summed E-state index contributed by atoms with van der Waals surface area (Å²) in [6, 6.07) is 8.60. The summed E-state index contributed by atoms with van der Waals surface area (Å²) in [6.07, 6.45) is 4.75. The second kappa shape index (κ2) is 4.05. The highest BCUT2D eigenvalue weighted by Crippen LogP contribution is 2.46. The van der Waals surface area contributed by atoms with Crippen molar-refractivity contribution >= 4 is 10.0 Å². The van der Waals surface area contributed by atoms with Crippen LogP contribution in [-0.4, -0.2) is 25.3 Å². The molecule has 1 aliphatic heterocycles. The smallest absolute Gasteiger partial charge is 0.207 e. The van der Waals surface area contributed by atoms with Crippen molar-refractivity contribution < 1.29 is 8.42 Å². The Hall–Kier alpha value is -1.39. The molecule has 0 amide bonds. The maximum atomic E-state index is 12.7. The van der Waals surface area contributed by atoms with Gasteiger partial charge in [0, 0.05) is 18.0 Å². The molecule has 4 heteroatoms. The Morgan fingerprint density at radius 3 is 2.63 bits per heavy atom. The fourth-order valence-electron chi connectivity index (χ4n) is 2.91. The van der Waals surface area contributed by atoms with Crippen molar-refractivity contribution in [2.24, 2.45) is 5.41 Å². The van der Waals surface area contributed by atoms with E-state index < -0.39 is 10.0 Å². The number of sulfonamides is 1. The Morgan fingerprint density at radius 2 is 2.00 bits per heavy atom. The zero-order valence-electron chi connectivity index (χ0n) is 10.9. The van der Waals surface area contributed by atoms with Gasteiger partial charge >= 0.3 is 0 Å². The summed E-state index contributed by atoms with van der Waals surface area (Å²) in [5, 5.41) is 0. The van der Waals surface area contributed by atoms with E-state index in [0.29, 0.717) is 11.4 Å². The molecule has 0 aromatic heterocycles. The molecule has 0 spiro atoms. The SMILES string of the molecule is C=C1C=C[C@H]2C[C@]1(C)CN2S(=O)(=O)c1ccccc1. The fraction of sp³-hybridized carbons (Fsp3) is 0.333. The first kappa shape index (κ1) is 12.6. The Kier molecular flexibility index (Phi) is 2.69. The summed E-state index contributed by atoms with van der Waals surface area (Å²) >= 11 is 0. The molecular weight excluding hydrogens is 258 g/mol. The molecule has 100 valence electrons. The first-order valence-corrected chi connectivity index (χ1v) is 7.82. The van der Waals surface area contributed by atoms with Crippen LogP contribution in [0.5, 0.6) is 0 Å². The van der Waals surface area contributed by atoms with Gasteiger partial charge in [-0.1, -0.05) is 43.9 Å². The van der Waals surface area contributed by atoms with Crippen molar-refractivity contribution in [3.63, 3.8) is 0 Å². The predicted molar refractivity (Wildman–Crippen MR) is 75.1 cm³/mol. The first-order valence-electron chi connectivity index (χ1n) is 6.38. The third kappa shape index (κ3) is 1.86. The van der Waals surface area contributed by atoms with Gasteiger partial charge in [-0.3, -0.25) is 0 Å². The average molecular weight is 275 g/mol. The molecule has 2 bridgehead atoms. The van der Waals surface area contributed by atoms with Crippen molar-refractivity contribution in [2.75, 3.05) is 6.54 Å². The number of allylic oxidation sites excluding steroid dienone is 1. The second-order valence-corrected chi connectivity index (χ2v) is 7.47. The van der Waals surface area contributed by atoms with Crippen molar-refractivity contribution in [1.82, 2.24) is 4.31 Å². The molecule has 1 aliphatic carbocycles. The Labute approximate surface area is 114 Å². The van der Waals surface area contributed by atoms with Crippen LogP contribution in [0.15, 0.2) is 59.5 Å². The van der Waals surface area contributed by atoms with Gasteiger partial charge < -0.3 is 0 Å². The fourth-order valence-corrected chi connectivity index (χ4v) is 4.63. The third-order valence-corrected chi connectivity index (χ3v) is 6.06. The molecule has 1 fully saturated rings. The lowest BCUT2D eigenvalue weighted by atomic mass is 9.78. The number of rotatable bonds is 2. The van der Waals surface area contributed by atoms with E-state index in [2.05, 4.69) is 13.5 Å². The molecule has 1 saturated heterocycles. The standard InChI is InChI=1S/C15H17NO2S/c1-12-8-9-13-10-15(12,2)11-16(13)19(17,18)14-6-4-3-5-7-14/h3-9,13H,1,10-11H2,2H3/t13-,15+/m0/s1. The predicted octanol–water partition coefficient (Wildman–Crippen LogP) is 2.58. The molecule has 0 radical (unpaired) electrons. The maximum absolute atomic E-state index is 12.7. The van der Waals surface area contributed by atoms with Crippen LogP contribution in [0.2, 0.25) is 0 Å². The summed E-state index contributed by atoms with van der Waals surface area (Å²) in [4.78, 5) is 0.366. The lowest BCUT2D eigenvalue weighted by Crippen LogP contribution is -2.34. The summed E-state index contributed by atoms with van der Waals surface area (Å²) in [6.45, 7) is 6.65. The van der Waals surface area contributed by atoms with Crippen molar-refractivity contribution in [3.05, 3.63) is 54.6 Å². The Balaban J connectivity index is 2.02. The van der Waals surface area contributed by atoms with E-state index in [1.807, 2.05) is 18.2 Å². The van der Waals surface area contributed by atoms with Gasteiger partial charge in [0.15, 0.2) is 0 Å². The number of nitrogens with zero attached hydrogens (tertiary/aromatic N) is 1. The van der Waals surface area contributed by atoms with Crippen LogP contribution in [0.25, 0.3) is 0 Å². The largest absolute Gasteiger partial charge is 0.243 e. The van der Waals surface area contributed by atoms with Crippen LogP contribution in [0.4, 0.5) is 0 Å². The molecule has 2 aliphatic rings. The molecule has 0 saturated carbocycles. The van der Waals surface area contributed by atoms with Gasteiger partial charge in [0.1, 0.15) is 0 Å². The third-order valence-electron chi connectivity index (χ3n) is 4.18. The van der Waals surface area contributed by atoms with E-state index in [4.69, 9.17) is 0 Å². The van der Waals surface area contributed by atoms with Gasteiger partial charge in [0.2, 0.25) is 10.0 Å². The van der Waals surface area contributed by atoms with E-state index in [1.165, 1.54) is 0 Å². The van der Waals surface area contributed by atoms with Crippen LogP contribution in [-0.2, 0) is 10.0 Å². The molecule has 1 aromatic carbocycles. The van der Waals surface area contributed by atoms with Crippen LogP contribution in [0, 0.1) is 5.41 Å². The number of hydrogen-bond acceptors (Lipinski definition) is 2. The molecule has 0 unspecified atom stereocenters. The Bertz CT molecular complexity index is 648. The van der Waals surface area contributed by atoms with Crippen molar-refractivity contribution in [1.29, 1.82) is 0 Å².